The van der Waals surface area contributed by atoms with Crippen LogP contribution in [0.5, 0.6) is 0 Å². The Bertz CT molecular complexity index is 495. The Balaban J connectivity index is 1.74. The van der Waals surface area contributed by atoms with E-state index in [0.717, 1.165) is 25.7 Å². The molecule has 128 valence electrons. The number of benzene rings is 1. The van der Waals surface area contributed by atoms with E-state index >= 15 is 0 Å². The van der Waals surface area contributed by atoms with Gasteiger partial charge in [-0.05, 0) is 57.2 Å². The van der Waals surface area contributed by atoms with Crippen molar-refractivity contribution in [3.8, 4) is 0 Å². The van der Waals surface area contributed by atoms with Crippen molar-refractivity contribution in [3.05, 3.63) is 34.9 Å². The van der Waals surface area contributed by atoms with E-state index in [1.807, 2.05) is 13.8 Å². The van der Waals surface area contributed by atoms with Gasteiger partial charge < -0.3 is 15.2 Å². The molecule has 0 saturated heterocycles. The standard InChI is InChI=1S/C18H26ClNO3/c1-12(2)23-16-9-7-15(8-10-16)20-18(22)11-17(21)13-3-5-14(19)6-4-13/h3-6,12,15-17,21H,7-11H2,1-2H3,(H,20,22). The van der Waals surface area contributed by atoms with Crippen LogP contribution >= 0.6 is 11.6 Å². The van der Waals surface area contributed by atoms with Crippen LogP contribution in [0.1, 0.15) is 57.6 Å². The Kier molecular flexibility index (Phi) is 6.88. The first kappa shape index (κ1) is 18.2. The van der Waals surface area contributed by atoms with Crippen molar-refractivity contribution in [2.24, 2.45) is 0 Å². The quantitative estimate of drug-likeness (QED) is 0.832. The van der Waals surface area contributed by atoms with Crippen LogP contribution in [-0.4, -0.2) is 29.3 Å². The lowest BCUT2D eigenvalue weighted by Crippen LogP contribution is -2.39. The van der Waals surface area contributed by atoms with Crippen molar-refractivity contribution in [2.45, 2.75) is 70.3 Å². The summed E-state index contributed by atoms with van der Waals surface area (Å²) in [5, 5.41) is 13.8. The van der Waals surface area contributed by atoms with E-state index in [2.05, 4.69) is 5.32 Å². The highest BCUT2D eigenvalue weighted by Crippen LogP contribution is 2.23. The maximum Gasteiger partial charge on any atom is 0.223 e. The molecule has 1 aliphatic rings. The number of hydrogen-bond acceptors (Lipinski definition) is 3. The smallest absolute Gasteiger partial charge is 0.223 e. The predicted molar refractivity (Wildman–Crippen MR) is 91.4 cm³/mol. The summed E-state index contributed by atoms with van der Waals surface area (Å²) in [7, 11) is 0. The van der Waals surface area contributed by atoms with Gasteiger partial charge in [0.05, 0.1) is 24.7 Å². The maximum absolute atomic E-state index is 12.1. The van der Waals surface area contributed by atoms with Gasteiger partial charge in [-0.15, -0.1) is 0 Å². The average Bonchev–Trinajstić information content (AvgIpc) is 2.49. The molecular formula is C18H26ClNO3. The molecule has 1 aromatic rings. The first-order valence-corrected chi connectivity index (χ1v) is 8.70. The van der Waals surface area contributed by atoms with Gasteiger partial charge in [0, 0.05) is 11.1 Å². The minimum absolute atomic E-state index is 0.0735. The van der Waals surface area contributed by atoms with Crippen molar-refractivity contribution in [1.82, 2.24) is 5.32 Å². The van der Waals surface area contributed by atoms with Gasteiger partial charge in [0.2, 0.25) is 5.91 Å². The summed E-state index contributed by atoms with van der Waals surface area (Å²) >= 11 is 5.82. The van der Waals surface area contributed by atoms with E-state index in [1.165, 1.54) is 0 Å². The second-order valence-electron chi connectivity index (χ2n) is 6.50. The number of ether oxygens (including phenoxy) is 1. The first-order valence-electron chi connectivity index (χ1n) is 8.32. The van der Waals surface area contributed by atoms with E-state index in [0.29, 0.717) is 16.7 Å². The lowest BCUT2D eigenvalue weighted by molar-refractivity contribution is -0.124. The fourth-order valence-corrected chi connectivity index (χ4v) is 3.12. The molecule has 0 bridgehead atoms. The predicted octanol–water partition coefficient (Wildman–Crippen LogP) is 3.62. The Labute approximate surface area is 143 Å². The molecule has 2 rings (SSSR count). The number of rotatable bonds is 6. The molecule has 0 aromatic heterocycles. The first-order chi connectivity index (χ1) is 10.9. The van der Waals surface area contributed by atoms with Crippen molar-refractivity contribution < 1.29 is 14.6 Å². The number of carbonyl (C=O) groups excluding carboxylic acids is 1. The molecule has 0 heterocycles. The summed E-state index contributed by atoms with van der Waals surface area (Å²) in [6.07, 6.45) is 3.65. The molecule has 23 heavy (non-hydrogen) atoms. The lowest BCUT2D eigenvalue weighted by atomic mass is 9.92. The fourth-order valence-electron chi connectivity index (χ4n) is 2.99. The molecule has 1 fully saturated rings. The summed E-state index contributed by atoms with van der Waals surface area (Å²) in [5.41, 5.74) is 0.707. The van der Waals surface area contributed by atoms with Crippen molar-refractivity contribution in [3.63, 3.8) is 0 Å². The third kappa shape index (κ3) is 6.13. The van der Waals surface area contributed by atoms with Crippen LogP contribution in [0.4, 0.5) is 0 Å². The average molecular weight is 340 g/mol. The zero-order chi connectivity index (χ0) is 16.8. The molecule has 1 unspecified atom stereocenters. The highest BCUT2D eigenvalue weighted by Gasteiger charge is 2.24. The van der Waals surface area contributed by atoms with Crippen molar-refractivity contribution in [1.29, 1.82) is 0 Å². The van der Waals surface area contributed by atoms with Gasteiger partial charge in [-0.25, -0.2) is 0 Å². The number of aliphatic hydroxyl groups excluding tert-OH is 1. The summed E-state index contributed by atoms with van der Waals surface area (Å²) in [6.45, 7) is 4.10. The van der Waals surface area contributed by atoms with Crippen LogP contribution in [0.15, 0.2) is 24.3 Å². The lowest BCUT2D eigenvalue weighted by Gasteiger charge is -2.30. The fraction of sp³-hybridized carbons (Fsp3) is 0.611. The Hall–Kier alpha value is -1.10. The van der Waals surface area contributed by atoms with Gasteiger partial charge in [0.1, 0.15) is 0 Å². The summed E-state index contributed by atoms with van der Waals surface area (Å²) < 4.78 is 5.81. The summed E-state index contributed by atoms with van der Waals surface area (Å²) in [6, 6.07) is 7.11. The topological polar surface area (TPSA) is 58.6 Å². The van der Waals surface area contributed by atoms with Gasteiger partial charge >= 0.3 is 0 Å². The van der Waals surface area contributed by atoms with Gasteiger partial charge in [0.15, 0.2) is 0 Å². The number of amides is 1. The third-order valence-corrected chi connectivity index (χ3v) is 4.39. The zero-order valence-corrected chi connectivity index (χ0v) is 14.6. The van der Waals surface area contributed by atoms with Gasteiger partial charge in [-0.1, -0.05) is 23.7 Å². The van der Waals surface area contributed by atoms with Crippen LogP contribution in [0.2, 0.25) is 5.02 Å². The molecule has 1 saturated carbocycles. The molecule has 0 aliphatic heterocycles. The Morgan fingerprint density at radius 2 is 1.87 bits per heavy atom. The monoisotopic (exact) mass is 339 g/mol. The van der Waals surface area contributed by atoms with E-state index in [-0.39, 0.29) is 24.5 Å². The number of hydrogen-bond donors (Lipinski definition) is 2. The van der Waals surface area contributed by atoms with Crippen molar-refractivity contribution in [2.75, 3.05) is 0 Å². The largest absolute Gasteiger partial charge is 0.388 e. The molecule has 1 aromatic carbocycles. The SMILES string of the molecule is CC(C)OC1CCC(NC(=O)CC(O)c2ccc(Cl)cc2)CC1. The van der Waals surface area contributed by atoms with Crippen LogP contribution in [0.3, 0.4) is 0 Å². The zero-order valence-electron chi connectivity index (χ0n) is 13.8. The molecule has 2 N–H and O–H groups in total. The molecule has 5 heteroatoms. The Morgan fingerprint density at radius 3 is 2.43 bits per heavy atom. The second kappa shape index (κ2) is 8.67. The Morgan fingerprint density at radius 1 is 1.26 bits per heavy atom. The highest BCUT2D eigenvalue weighted by atomic mass is 35.5. The number of carbonyl (C=O) groups is 1. The molecule has 0 spiro atoms. The third-order valence-electron chi connectivity index (χ3n) is 4.14. The minimum atomic E-state index is -0.798. The van der Waals surface area contributed by atoms with Gasteiger partial charge in [0.25, 0.3) is 0 Å². The van der Waals surface area contributed by atoms with Crippen LogP contribution < -0.4 is 5.32 Å². The molecule has 4 nitrogen and oxygen atoms in total. The minimum Gasteiger partial charge on any atom is -0.388 e. The molecule has 0 radical (unpaired) electrons. The molecular weight excluding hydrogens is 314 g/mol. The second-order valence-corrected chi connectivity index (χ2v) is 6.93. The van der Waals surface area contributed by atoms with Gasteiger partial charge in [-0.3, -0.25) is 4.79 Å². The molecule has 1 amide bonds. The van der Waals surface area contributed by atoms with Crippen LogP contribution in [0, 0.1) is 0 Å². The normalized spacial score (nSPS) is 22.8. The van der Waals surface area contributed by atoms with E-state index in [4.69, 9.17) is 16.3 Å². The van der Waals surface area contributed by atoms with E-state index in [1.54, 1.807) is 24.3 Å². The number of halogens is 1. The van der Waals surface area contributed by atoms with E-state index in [9.17, 15) is 9.90 Å². The maximum atomic E-state index is 12.1. The summed E-state index contributed by atoms with van der Waals surface area (Å²) in [5.74, 6) is -0.110. The molecule has 1 atom stereocenters. The van der Waals surface area contributed by atoms with Crippen LogP contribution in [0.25, 0.3) is 0 Å². The highest BCUT2D eigenvalue weighted by molar-refractivity contribution is 6.30. The van der Waals surface area contributed by atoms with Crippen molar-refractivity contribution >= 4 is 17.5 Å². The van der Waals surface area contributed by atoms with Crippen LogP contribution in [-0.2, 0) is 9.53 Å². The van der Waals surface area contributed by atoms with Gasteiger partial charge in [-0.2, -0.15) is 0 Å². The van der Waals surface area contributed by atoms with E-state index < -0.39 is 6.10 Å². The summed E-state index contributed by atoms with van der Waals surface area (Å²) in [4.78, 5) is 12.1. The number of aliphatic hydroxyl groups is 1. The molecule has 1 aliphatic carbocycles. The number of nitrogens with one attached hydrogen (secondary N) is 1.